The van der Waals surface area contributed by atoms with Crippen LogP contribution in [0.1, 0.15) is 26.3 Å². The van der Waals surface area contributed by atoms with E-state index in [4.69, 9.17) is 22.1 Å². The number of methoxy groups -OCH3 is 1. The molecule has 0 aliphatic heterocycles. The topological polar surface area (TPSA) is 35.2 Å². The van der Waals surface area contributed by atoms with Crippen LogP contribution in [0.5, 0.6) is 5.75 Å². The standard InChI is InChI=1S/C13H19ClNO/c1-13(2,3)6-5-9-7-12(16-4)11(15)8-10(9)14/h6-8H,5,15H2,1-4H3. The molecular formula is C13H19ClNO. The summed E-state index contributed by atoms with van der Waals surface area (Å²) in [5.74, 6) is 0.682. The van der Waals surface area contributed by atoms with Crippen molar-refractivity contribution in [1.82, 2.24) is 0 Å². The number of nitrogen functional groups attached to an aromatic ring is 1. The highest BCUT2D eigenvalue weighted by Crippen LogP contribution is 2.31. The van der Waals surface area contributed by atoms with E-state index < -0.39 is 0 Å². The summed E-state index contributed by atoms with van der Waals surface area (Å²) in [6.07, 6.45) is 3.04. The summed E-state index contributed by atoms with van der Waals surface area (Å²) in [6.45, 7) is 6.49. The van der Waals surface area contributed by atoms with Gasteiger partial charge < -0.3 is 10.5 Å². The number of nitrogens with two attached hydrogens (primary N) is 1. The molecule has 0 unspecified atom stereocenters. The van der Waals surface area contributed by atoms with Gasteiger partial charge in [-0.25, -0.2) is 0 Å². The fourth-order valence-electron chi connectivity index (χ4n) is 1.36. The molecule has 89 valence electrons. The fraction of sp³-hybridized carbons (Fsp3) is 0.462. The number of hydrogen-bond donors (Lipinski definition) is 1. The molecule has 1 aromatic carbocycles. The number of anilines is 1. The van der Waals surface area contributed by atoms with Crippen LogP contribution in [0.4, 0.5) is 5.69 Å². The summed E-state index contributed by atoms with van der Waals surface area (Å²) in [7, 11) is 1.61. The van der Waals surface area contributed by atoms with Crippen LogP contribution in [0.3, 0.4) is 0 Å². The van der Waals surface area contributed by atoms with E-state index in [9.17, 15) is 0 Å². The van der Waals surface area contributed by atoms with Gasteiger partial charge in [-0.15, -0.1) is 0 Å². The Kier molecular flexibility index (Phi) is 4.09. The lowest BCUT2D eigenvalue weighted by molar-refractivity contribution is 0.416. The highest BCUT2D eigenvalue weighted by atomic mass is 35.5. The molecule has 0 heterocycles. The van der Waals surface area contributed by atoms with E-state index in [1.807, 2.05) is 6.07 Å². The van der Waals surface area contributed by atoms with Crippen molar-refractivity contribution in [1.29, 1.82) is 0 Å². The zero-order valence-electron chi connectivity index (χ0n) is 10.3. The summed E-state index contributed by atoms with van der Waals surface area (Å²) in [6, 6.07) is 3.64. The first-order valence-electron chi connectivity index (χ1n) is 5.30. The molecule has 2 N–H and O–H groups in total. The van der Waals surface area contributed by atoms with Gasteiger partial charge in [0.05, 0.1) is 12.8 Å². The van der Waals surface area contributed by atoms with E-state index in [1.54, 1.807) is 13.2 Å². The average molecular weight is 241 g/mol. The van der Waals surface area contributed by atoms with Crippen LogP contribution in [-0.4, -0.2) is 7.11 Å². The summed E-state index contributed by atoms with van der Waals surface area (Å²) < 4.78 is 5.18. The molecule has 1 aromatic rings. The van der Waals surface area contributed by atoms with E-state index in [-0.39, 0.29) is 5.41 Å². The number of benzene rings is 1. The van der Waals surface area contributed by atoms with Crippen molar-refractivity contribution in [2.24, 2.45) is 5.41 Å². The average Bonchev–Trinajstić information content (AvgIpc) is 2.15. The lowest BCUT2D eigenvalue weighted by atomic mass is 9.88. The Labute approximate surface area is 103 Å². The van der Waals surface area contributed by atoms with E-state index in [0.29, 0.717) is 16.5 Å². The maximum Gasteiger partial charge on any atom is 0.142 e. The van der Waals surface area contributed by atoms with E-state index >= 15 is 0 Å². The van der Waals surface area contributed by atoms with Crippen molar-refractivity contribution < 1.29 is 4.74 Å². The molecule has 0 saturated heterocycles. The third-order valence-electron chi connectivity index (χ3n) is 2.33. The lowest BCUT2D eigenvalue weighted by Crippen LogP contribution is -2.08. The van der Waals surface area contributed by atoms with Crippen molar-refractivity contribution >= 4 is 17.3 Å². The van der Waals surface area contributed by atoms with Crippen molar-refractivity contribution in [3.05, 3.63) is 29.1 Å². The number of halogens is 1. The molecule has 2 nitrogen and oxygen atoms in total. The van der Waals surface area contributed by atoms with Crippen molar-refractivity contribution in [2.45, 2.75) is 27.2 Å². The third kappa shape index (κ3) is 3.60. The fourth-order valence-corrected chi connectivity index (χ4v) is 1.61. The van der Waals surface area contributed by atoms with E-state index in [1.165, 1.54) is 0 Å². The van der Waals surface area contributed by atoms with Gasteiger partial charge in [0.1, 0.15) is 5.75 Å². The summed E-state index contributed by atoms with van der Waals surface area (Å²) in [5.41, 5.74) is 7.56. The van der Waals surface area contributed by atoms with Crippen LogP contribution < -0.4 is 10.5 Å². The van der Waals surface area contributed by atoms with Gasteiger partial charge in [0, 0.05) is 5.02 Å². The van der Waals surface area contributed by atoms with Gasteiger partial charge >= 0.3 is 0 Å². The quantitative estimate of drug-likeness (QED) is 0.818. The van der Waals surface area contributed by atoms with Crippen LogP contribution in [0.15, 0.2) is 12.1 Å². The van der Waals surface area contributed by atoms with Crippen molar-refractivity contribution in [2.75, 3.05) is 12.8 Å². The normalized spacial score (nSPS) is 11.6. The molecule has 16 heavy (non-hydrogen) atoms. The van der Waals surface area contributed by atoms with Crippen molar-refractivity contribution in [3.8, 4) is 5.75 Å². The Morgan fingerprint density at radius 1 is 1.38 bits per heavy atom. The Bertz CT molecular complexity index is 369. The maximum absolute atomic E-state index is 6.13. The molecule has 1 rings (SSSR count). The van der Waals surface area contributed by atoms with Gasteiger partial charge in [-0.1, -0.05) is 32.4 Å². The monoisotopic (exact) mass is 240 g/mol. The number of ether oxygens (including phenoxy) is 1. The van der Waals surface area contributed by atoms with Crippen LogP contribution in [0.25, 0.3) is 0 Å². The first kappa shape index (κ1) is 13.2. The summed E-state index contributed by atoms with van der Waals surface area (Å²) >= 11 is 6.13. The second-order valence-electron chi connectivity index (χ2n) is 4.96. The lowest BCUT2D eigenvalue weighted by Gasteiger charge is -2.18. The van der Waals surface area contributed by atoms with Gasteiger partial charge in [0.15, 0.2) is 0 Å². The molecule has 0 saturated carbocycles. The third-order valence-corrected chi connectivity index (χ3v) is 2.68. The molecule has 0 fully saturated rings. The van der Waals surface area contributed by atoms with E-state index in [2.05, 4.69) is 27.2 Å². The van der Waals surface area contributed by atoms with Crippen LogP contribution in [0, 0.1) is 11.8 Å². The van der Waals surface area contributed by atoms with Crippen LogP contribution >= 0.6 is 11.6 Å². The molecule has 0 aromatic heterocycles. The van der Waals surface area contributed by atoms with Crippen LogP contribution in [0.2, 0.25) is 5.02 Å². The Morgan fingerprint density at radius 3 is 2.50 bits per heavy atom. The molecular weight excluding hydrogens is 222 g/mol. The minimum absolute atomic E-state index is 0.179. The second kappa shape index (κ2) is 4.96. The highest BCUT2D eigenvalue weighted by Gasteiger charge is 2.13. The van der Waals surface area contributed by atoms with Crippen molar-refractivity contribution in [3.63, 3.8) is 0 Å². The second-order valence-corrected chi connectivity index (χ2v) is 5.37. The number of hydrogen-bond acceptors (Lipinski definition) is 2. The number of rotatable bonds is 3. The van der Waals surface area contributed by atoms with Crippen LogP contribution in [-0.2, 0) is 6.42 Å². The minimum Gasteiger partial charge on any atom is -0.495 e. The summed E-state index contributed by atoms with van der Waals surface area (Å²) in [4.78, 5) is 0. The minimum atomic E-state index is 0.179. The van der Waals surface area contributed by atoms with Gasteiger partial charge in [-0.05, 0) is 36.0 Å². The van der Waals surface area contributed by atoms with Gasteiger partial charge in [-0.2, -0.15) is 0 Å². The SMILES string of the molecule is COc1cc(C[CH]C(C)(C)C)c(Cl)cc1N. The van der Waals surface area contributed by atoms with Gasteiger partial charge in [-0.3, -0.25) is 0 Å². The maximum atomic E-state index is 6.13. The largest absolute Gasteiger partial charge is 0.495 e. The smallest absolute Gasteiger partial charge is 0.142 e. The molecule has 0 aliphatic carbocycles. The molecule has 0 aliphatic rings. The molecule has 0 amide bonds. The summed E-state index contributed by atoms with van der Waals surface area (Å²) in [5, 5.41) is 0.693. The molecule has 1 radical (unpaired) electrons. The molecule has 0 atom stereocenters. The molecule has 0 spiro atoms. The zero-order chi connectivity index (χ0) is 12.3. The molecule has 0 bridgehead atoms. The molecule has 3 heteroatoms. The Balaban J connectivity index is 2.88. The Hall–Kier alpha value is -0.890. The van der Waals surface area contributed by atoms with E-state index in [0.717, 1.165) is 12.0 Å². The predicted molar refractivity (Wildman–Crippen MR) is 69.9 cm³/mol. The predicted octanol–water partition coefficient (Wildman–Crippen LogP) is 3.72. The van der Waals surface area contributed by atoms with Gasteiger partial charge in [0.2, 0.25) is 0 Å². The first-order valence-corrected chi connectivity index (χ1v) is 5.67. The van der Waals surface area contributed by atoms with Gasteiger partial charge in [0.25, 0.3) is 0 Å². The Morgan fingerprint density at radius 2 is 2.00 bits per heavy atom. The highest BCUT2D eigenvalue weighted by molar-refractivity contribution is 6.31. The zero-order valence-corrected chi connectivity index (χ0v) is 11.1. The first-order chi connectivity index (χ1) is 7.33.